The molecule has 0 saturated heterocycles. The predicted octanol–water partition coefficient (Wildman–Crippen LogP) is 4.65. The van der Waals surface area contributed by atoms with E-state index in [0.29, 0.717) is 10.0 Å². The average Bonchev–Trinajstić information content (AvgIpc) is 2.29. The van der Waals surface area contributed by atoms with Gasteiger partial charge in [-0.15, -0.1) is 0 Å². The third-order valence-corrected chi connectivity index (χ3v) is 3.75. The molecule has 1 aromatic carbocycles. The SMILES string of the molecule is Clc1cccc(CNCCCCCBr)c1Cl. The highest BCUT2D eigenvalue weighted by atomic mass is 79.9. The molecule has 90 valence electrons. The van der Waals surface area contributed by atoms with Gasteiger partial charge in [0.15, 0.2) is 0 Å². The summed E-state index contributed by atoms with van der Waals surface area (Å²) in [6.45, 7) is 1.81. The van der Waals surface area contributed by atoms with Crippen LogP contribution in [0, 0.1) is 0 Å². The normalized spacial score (nSPS) is 10.7. The van der Waals surface area contributed by atoms with E-state index in [4.69, 9.17) is 23.2 Å². The molecular weight excluding hydrogens is 309 g/mol. The fraction of sp³-hybridized carbons (Fsp3) is 0.500. The van der Waals surface area contributed by atoms with E-state index in [1.807, 2.05) is 18.2 Å². The van der Waals surface area contributed by atoms with E-state index < -0.39 is 0 Å². The molecule has 0 aliphatic carbocycles. The number of unbranched alkanes of at least 4 members (excludes halogenated alkanes) is 2. The van der Waals surface area contributed by atoms with Crippen molar-refractivity contribution in [3.05, 3.63) is 33.8 Å². The molecule has 16 heavy (non-hydrogen) atoms. The molecule has 0 saturated carbocycles. The van der Waals surface area contributed by atoms with E-state index in [2.05, 4.69) is 21.2 Å². The van der Waals surface area contributed by atoms with Crippen LogP contribution < -0.4 is 5.32 Å². The second-order valence-electron chi connectivity index (χ2n) is 3.64. The molecule has 0 radical (unpaired) electrons. The summed E-state index contributed by atoms with van der Waals surface area (Å²) >= 11 is 15.4. The van der Waals surface area contributed by atoms with Crippen LogP contribution in [-0.4, -0.2) is 11.9 Å². The van der Waals surface area contributed by atoms with Crippen LogP contribution in [0.5, 0.6) is 0 Å². The van der Waals surface area contributed by atoms with Gasteiger partial charge >= 0.3 is 0 Å². The number of benzene rings is 1. The van der Waals surface area contributed by atoms with Crippen LogP contribution in [-0.2, 0) is 6.54 Å². The van der Waals surface area contributed by atoms with E-state index >= 15 is 0 Å². The zero-order chi connectivity index (χ0) is 11.8. The van der Waals surface area contributed by atoms with Gasteiger partial charge in [0, 0.05) is 11.9 Å². The van der Waals surface area contributed by atoms with Crippen molar-refractivity contribution in [2.45, 2.75) is 25.8 Å². The first-order valence-electron chi connectivity index (χ1n) is 5.45. The Bertz CT molecular complexity index is 318. The zero-order valence-corrected chi connectivity index (χ0v) is 12.2. The number of alkyl halides is 1. The smallest absolute Gasteiger partial charge is 0.0637 e. The molecule has 0 atom stereocenters. The van der Waals surface area contributed by atoms with Crippen molar-refractivity contribution in [1.29, 1.82) is 0 Å². The summed E-state index contributed by atoms with van der Waals surface area (Å²) in [5.41, 5.74) is 1.06. The highest BCUT2D eigenvalue weighted by Crippen LogP contribution is 2.25. The molecule has 1 rings (SSSR count). The van der Waals surface area contributed by atoms with Gasteiger partial charge in [-0.25, -0.2) is 0 Å². The van der Waals surface area contributed by atoms with Crippen LogP contribution in [0.1, 0.15) is 24.8 Å². The minimum absolute atomic E-state index is 0.625. The van der Waals surface area contributed by atoms with Gasteiger partial charge in [0.2, 0.25) is 0 Å². The van der Waals surface area contributed by atoms with Crippen LogP contribution in [0.2, 0.25) is 10.0 Å². The first kappa shape index (κ1) is 14.3. The summed E-state index contributed by atoms with van der Waals surface area (Å²) < 4.78 is 0. The zero-order valence-electron chi connectivity index (χ0n) is 9.11. The van der Waals surface area contributed by atoms with Crippen LogP contribution in [0.3, 0.4) is 0 Å². The van der Waals surface area contributed by atoms with Crippen molar-refractivity contribution in [3.8, 4) is 0 Å². The van der Waals surface area contributed by atoms with Crippen molar-refractivity contribution in [1.82, 2.24) is 5.32 Å². The lowest BCUT2D eigenvalue weighted by Gasteiger charge is -2.07. The quantitative estimate of drug-likeness (QED) is 0.568. The summed E-state index contributed by atoms with van der Waals surface area (Å²) in [6.07, 6.45) is 3.69. The molecule has 4 heteroatoms. The molecule has 0 fully saturated rings. The fourth-order valence-corrected chi connectivity index (χ4v) is 2.21. The van der Waals surface area contributed by atoms with E-state index in [0.717, 1.165) is 24.0 Å². The maximum atomic E-state index is 6.08. The Kier molecular flexibility index (Phi) is 7.46. The minimum atomic E-state index is 0.625. The molecule has 1 N–H and O–H groups in total. The second kappa shape index (κ2) is 8.35. The predicted molar refractivity (Wildman–Crippen MR) is 75.8 cm³/mol. The Balaban J connectivity index is 2.24. The lowest BCUT2D eigenvalue weighted by atomic mass is 10.2. The number of hydrogen-bond donors (Lipinski definition) is 1. The lowest BCUT2D eigenvalue weighted by molar-refractivity contribution is 0.619. The average molecular weight is 325 g/mol. The summed E-state index contributed by atoms with van der Waals surface area (Å²) in [4.78, 5) is 0. The Hall–Kier alpha value is 0.240. The van der Waals surface area contributed by atoms with Gasteiger partial charge in [-0.1, -0.05) is 57.7 Å². The van der Waals surface area contributed by atoms with Gasteiger partial charge in [0.1, 0.15) is 0 Å². The van der Waals surface area contributed by atoms with Gasteiger partial charge in [-0.05, 0) is 31.0 Å². The lowest BCUT2D eigenvalue weighted by Crippen LogP contribution is -2.14. The van der Waals surface area contributed by atoms with Crippen molar-refractivity contribution in [2.24, 2.45) is 0 Å². The monoisotopic (exact) mass is 323 g/mol. The molecule has 1 nitrogen and oxygen atoms in total. The van der Waals surface area contributed by atoms with Crippen molar-refractivity contribution in [3.63, 3.8) is 0 Å². The third kappa shape index (κ3) is 5.05. The standard InChI is InChI=1S/C12H16BrCl2N/c13-7-2-1-3-8-16-9-10-5-4-6-11(14)12(10)15/h4-6,16H,1-3,7-9H2. The van der Waals surface area contributed by atoms with E-state index in [1.165, 1.54) is 19.3 Å². The molecular formula is C12H16BrCl2N. The van der Waals surface area contributed by atoms with Crippen molar-refractivity contribution < 1.29 is 0 Å². The second-order valence-corrected chi connectivity index (χ2v) is 5.22. The molecule has 0 amide bonds. The molecule has 0 aliphatic rings. The van der Waals surface area contributed by atoms with Crippen LogP contribution in [0.15, 0.2) is 18.2 Å². The largest absolute Gasteiger partial charge is 0.313 e. The van der Waals surface area contributed by atoms with Gasteiger partial charge in [0.05, 0.1) is 10.0 Å². The molecule has 0 aliphatic heterocycles. The number of halogens is 3. The molecule has 0 bridgehead atoms. The minimum Gasteiger partial charge on any atom is -0.313 e. The molecule has 1 aromatic rings. The summed E-state index contributed by atoms with van der Waals surface area (Å²) in [7, 11) is 0. The van der Waals surface area contributed by atoms with Crippen molar-refractivity contribution >= 4 is 39.1 Å². The number of hydrogen-bond acceptors (Lipinski definition) is 1. The van der Waals surface area contributed by atoms with Gasteiger partial charge in [-0.2, -0.15) is 0 Å². The maximum Gasteiger partial charge on any atom is 0.0637 e. The molecule has 0 heterocycles. The van der Waals surface area contributed by atoms with Crippen LogP contribution in [0.25, 0.3) is 0 Å². The van der Waals surface area contributed by atoms with E-state index in [9.17, 15) is 0 Å². The van der Waals surface area contributed by atoms with Gasteiger partial charge < -0.3 is 5.32 Å². The first-order valence-corrected chi connectivity index (χ1v) is 7.33. The highest BCUT2D eigenvalue weighted by molar-refractivity contribution is 9.09. The van der Waals surface area contributed by atoms with Gasteiger partial charge in [0.25, 0.3) is 0 Å². The van der Waals surface area contributed by atoms with E-state index in [1.54, 1.807) is 0 Å². The summed E-state index contributed by atoms with van der Waals surface area (Å²) in [5, 5.41) is 5.75. The fourth-order valence-electron chi connectivity index (χ4n) is 1.43. The number of nitrogens with one attached hydrogen (secondary N) is 1. The van der Waals surface area contributed by atoms with Crippen LogP contribution >= 0.6 is 39.1 Å². The first-order chi connectivity index (χ1) is 7.75. The van der Waals surface area contributed by atoms with Gasteiger partial charge in [-0.3, -0.25) is 0 Å². The Morgan fingerprint density at radius 3 is 2.69 bits per heavy atom. The van der Waals surface area contributed by atoms with Crippen LogP contribution in [0.4, 0.5) is 0 Å². The maximum absolute atomic E-state index is 6.08. The summed E-state index contributed by atoms with van der Waals surface area (Å²) in [6, 6.07) is 5.74. The van der Waals surface area contributed by atoms with Crippen molar-refractivity contribution in [2.75, 3.05) is 11.9 Å². The summed E-state index contributed by atoms with van der Waals surface area (Å²) in [5.74, 6) is 0. The molecule has 0 unspecified atom stereocenters. The number of rotatable bonds is 7. The highest BCUT2D eigenvalue weighted by Gasteiger charge is 2.02. The molecule has 0 aromatic heterocycles. The Labute approximate surface area is 116 Å². The Morgan fingerprint density at radius 1 is 1.12 bits per heavy atom. The third-order valence-electron chi connectivity index (χ3n) is 2.33. The van der Waals surface area contributed by atoms with E-state index in [-0.39, 0.29) is 0 Å². The molecule has 0 spiro atoms. The topological polar surface area (TPSA) is 12.0 Å². The Morgan fingerprint density at radius 2 is 1.94 bits per heavy atom.